The largest absolute Gasteiger partial charge is 0.314 e. The average Bonchev–Trinajstić information content (AvgIpc) is 1.83. The molecule has 1 aliphatic rings. The molecule has 1 rings (SSSR count). The fourth-order valence-electron chi connectivity index (χ4n) is 0.910. The maximum atomic E-state index is 8.44. The van der Waals surface area contributed by atoms with Crippen LogP contribution < -0.4 is 5.73 Å². The number of hydrogen-bond donors (Lipinski definition) is 1. The molecule has 1 unspecified atom stereocenters. The lowest BCUT2D eigenvalue weighted by Crippen LogP contribution is -2.50. The quantitative estimate of drug-likeness (QED) is 0.422. The normalized spacial score (nSPS) is 44.8. The Bertz CT molecular complexity index is 140. The fourth-order valence-corrected chi connectivity index (χ4v) is 0.910. The highest BCUT2D eigenvalue weighted by molar-refractivity contribution is 6.13. The van der Waals surface area contributed by atoms with E-state index in [1.807, 2.05) is 7.85 Å². The Morgan fingerprint density at radius 1 is 1.88 bits per heavy atom. The molecule has 0 radical (unpaired) electrons. The zero-order valence-electron chi connectivity index (χ0n) is 5.02. The molecule has 0 heterocycles. The number of nitrogens with zero attached hydrogens (tertiary/aromatic N) is 1. The molecule has 2 nitrogen and oxygen atoms in total. The molecule has 0 aromatic rings. The summed E-state index contributed by atoms with van der Waals surface area (Å²) in [6.45, 7) is 0. The Hall–Kier alpha value is -0.485. The Balaban J connectivity index is 2.59. The first kappa shape index (κ1) is 5.65. The lowest BCUT2D eigenvalue weighted by Gasteiger charge is -2.38. The van der Waals surface area contributed by atoms with E-state index in [2.05, 4.69) is 6.07 Å². The van der Waals surface area contributed by atoms with Gasteiger partial charge in [0.1, 0.15) is 7.85 Å². The molecular weight excluding hydrogens is 98.9 g/mol. The van der Waals surface area contributed by atoms with E-state index in [9.17, 15) is 0 Å². The van der Waals surface area contributed by atoms with E-state index in [0.717, 1.165) is 12.8 Å². The van der Waals surface area contributed by atoms with Crippen LogP contribution in [0.5, 0.6) is 0 Å². The molecule has 1 aliphatic carbocycles. The van der Waals surface area contributed by atoms with Crippen LogP contribution in [0.4, 0.5) is 0 Å². The third-order valence-electron chi connectivity index (χ3n) is 2.08. The summed E-state index contributed by atoms with van der Waals surface area (Å²) in [6.07, 6.45) is 1.99. The predicted octanol–water partition coefficient (Wildman–Crippen LogP) is -0.577. The minimum absolute atomic E-state index is 0.410. The van der Waals surface area contributed by atoms with Gasteiger partial charge in [-0.15, -0.1) is 0 Å². The van der Waals surface area contributed by atoms with Crippen molar-refractivity contribution in [3.63, 3.8) is 0 Å². The summed E-state index contributed by atoms with van der Waals surface area (Å²) in [5.74, 6) is 0.410. The molecule has 1 saturated carbocycles. The third kappa shape index (κ3) is 0.534. The van der Waals surface area contributed by atoms with Gasteiger partial charge < -0.3 is 5.73 Å². The molecule has 0 spiro atoms. The first-order valence-corrected chi connectivity index (χ1v) is 2.89. The van der Waals surface area contributed by atoms with Gasteiger partial charge in [0.2, 0.25) is 0 Å². The molecule has 0 amide bonds. The summed E-state index contributed by atoms with van der Waals surface area (Å²) >= 11 is 0. The molecule has 0 saturated heterocycles. The maximum absolute atomic E-state index is 8.44. The van der Waals surface area contributed by atoms with Crippen LogP contribution in [0.25, 0.3) is 0 Å². The van der Waals surface area contributed by atoms with Crippen LogP contribution in [0.15, 0.2) is 0 Å². The molecule has 0 aliphatic heterocycles. The second-order valence-electron chi connectivity index (χ2n) is 2.59. The minimum Gasteiger partial charge on any atom is -0.314 e. The lowest BCUT2D eigenvalue weighted by molar-refractivity contribution is 0.328. The Morgan fingerprint density at radius 3 is 2.50 bits per heavy atom. The van der Waals surface area contributed by atoms with Crippen LogP contribution in [0.3, 0.4) is 0 Å². The summed E-state index contributed by atoms with van der Waals surface area (Å²) in [7, 11) is 2.02. The van der Waals surface area contributed by atoms with Gasteiger partial charge in [-0.3, -0.25) is 0 Å². The van der Waals surface area contributed by atoms with Crippen molar-refractivity contribution in [3.8, 4) is 6.07 Å². The van der Waals surface area contributed by atoms with Gasteiger partial charge >= 0.3 is 0 Å². The van der Waals surface area contributed by atoms with Crippen LogP contribution in [0.2, 0.25) is 5.82 Å². The van der Waals surface area contributed by atoms with Gasteiger partial charge in [-0.1, -0.05) is 6.42 Å². The highest BCUT2D eigenvalue weighted by Gasteiger charge is 2.40. The first-order valence-electron chi connectivity index (χ1n) is 2.89. The summed E-state index contributed by atoms with van der Waals surface area (Å²) in [5, 5.41) is 8.44. The monoisotopic (exact) mass is 108 g/mol. The average molecular weight is 108 g/mol. The smallest absolute Gasteiger partial charge is 0.109 e. The second kappa shape index (κ2) is 1.49. The Kier molecular flexibility index (Phi) is 1.06. The van der Waals surface area contributed by atoms with Gasteiger partial charge in [0.05, 0.1) is 11.6 Å². The van der Waals surface area contributed by atoms with Gasteiger partial charge in [0, 0.05) is 0 Å². The summed E-state index contributed by atoms with van der Waals surface area (Å²) in [6, 6.07) is 2.11. The summed E-state index contributed by atoms with van der Waals surface area (Å²) in [4.78, 5) is 0. The number of nitriles is 1. The van der Waals surface area contributed by atoms with Crippen molar-refractivity contribution in [1.82, 2.24) is 0 Å². The molecule has 3 heteroatoms. The van der Waals surface area contributed by atoms with Crippen molar-refractivity contribution < 1.29 is 0 Å². The number of rotatable bonds is 0. The van der Waals surface area contributed by atoms with Crippen molar-refractivity contribution in [2.75, 3.05) is 0 Å². The predicted molar refractivity (Wildman–Crippen MR) is 34.1 cm³/mol. The molecule has 1 fully saturated rings. The standard InChI is InChI=1S/C5H9BN2/c6-4-1-2-5(4,8)3-7/h4H,1-2,6,8H2/t4?,5-/m1/s1. The molecule has 42 valence electrons. The van der Waals surface area contributed by atoms with Gasteiger partial charge in [-0.2, -0.15) is 5.26 Å². The van der Waals surface area contributed by atoms with Crippen LogP contribution in [-0.2, 0) is 0 Å². The molecule has 2 atom stereocenters. The molecule has 0 bridgehead atoms. The van der Waals surface area contributed by atoms with Crippen LogP contribution in [-0.4, -0.2) is 13.4 Å². The zero-order valence-corrected chi connectivity index (χ0v) is 5.02. The lowest BCUT2D eigenvalue weighted by atomic mass is 9.58. The Morgan fingerprint density at radius 2 is 2.50 bits per heavy atom. The van der Waals surface area contributed by atoms with Crippen molar-refractivity contribution in [2.45, 2.75) is 24.2 Å². The molecule has 0 aromatic carbocycles. The van der Waals surface area contributed by atoms with E-state index in [1.165, 1.54) is 0 Å². The first-order chi connectivity index (χ1) is 3.69. The zero-order chi connectivity index (χ0) is 6.20. The van der Waals surface area contributed by atoms with E-state index in [0.29, 0.717) is 5.82 Å². The van der Waals surface area contributed by atoms with Gasteiger partial charge in [-0.05, 0) is 12.2 Å². The maximum Gasteiger partial charge on any atom is 0.109 e. The van der Waals surface area contributed by atoms with Crippen molar-refractivity contribution in [1.29, 1.82) is 5.26 Å². The fraction of sp³-hybridized carbons (Fsp3) is 0.800. The van der Waals surface area contributed by atoms with Crippen LogP contribution in [0.1, 0.15) is 12.8 Å². The van der Waals surface area contributed by atoms with E-state index < -0.39 is 5.54 Å². The van der Waals surface area contributed by atoms with Crippen LogP contribution in [0, 0.1) is 11.3 Å². The Labute approximate surface area is 50.1 Å². The number of hydrogen-bond acceptors (Lipinski definition) is 2. The molecular formula is C5H9BN2. The highest BCUT2D eigenvalue weighted by Crippen LogP contribution is 2.38. The molecule has 8 heavy (non-hydrogen) atoms. The van der Waals surface area contributed by atoms with Gasteiger partial charge in [0.25, 0.3) is 0 Å². The second-order valence-corrected chi connectivity index (χ2v) is 2.59. The van der Waals surface area contributed by atoms with Crippen molar-refractivity contribution in [2.24, 2.45) is 5.73 Å². The van der Waals surface area contributed by atoms with Gasteiger partial charge in [-0.25, -0.2) is 0 Å². The minimum atomic E-state index is -0.472. The van der Waals surface area contributed by atoms with Crippen LogP contribution >= 0.6 is 0 Å². The van der Waals surface area contributed by atoms with E-state index >= 15 is 0 Å². The third-order valence-corrected chi connectivity index (χ3v) is 2.08. The number of nitrogens with two attached hydrogens (primary N) is 1. The van der Waals surface area contributed by atoms with E-state index in [4.69, 9.17) is 11.0 Å². The van der Waals surface area contributed by atoms with Crippen molar-refractivity contribution in [3.05, 3.63) is 0 Å². The van der Waals surface area contributed by atoms with Crippen molar-refractivity contribution >= 4 is 7.85 Å². The van der Waals surface area contributed by atoms with E-state index in [1.54, 1.807) is 0 Å². The van der Waals surface area contributed by atoms with Gasteiger partial charge in [0.15, 0.2) is 0 Å². The summed E-state index contributed by atoms with van der Waals surface area (Å²) in [5.41, 5.74) is 5.11. The highest BCUT2D eigenvalue weighted by atomic mass is 14.8. The SMILES string of the molecule is BC1CC[C@@]1(N)C#N. The topological polar surface area (TPSA) is 49.8 Å². The summed E-state index contributed by atoms with van der Waals surface area (Å²) < 4.78 is 0. The molecule has 0 aromatic heterocycles. The molecule has 2 N–H and O–H groups in total. The van der Waals surface area contributed by atoms with E-state index in [-0.39, 0.29) is 0 Å².